The predicted octanol–water partition coefficient (Wildman–Crippen LogP) is 3.03. The molecule has 2 aromatic heterocycles. The molecule has 4 heterocycles. The minimum Gasteiger partial charge on any atom is -0.454 e. The molecule has 0 atom stereocenters. The highest BCUT2D eigenvalue weighted by molar-refractivity contribution is 7.15. The van der Waals surface area contributed by atoms with E-state index in [1.54, 1.807) is 17.9 Å². The molecular weight excluding hydrogens is 422 g/mol. The summed E-state index contributed by atoms with van der Waals surface area (Å²) in [6.07, 6.45) is 0.0839. The van der Waals surface area contributed by atoms with Crippen LogP contribution in [0, 0.1) is 0 Å². The number of fused-ring (bicyclic) bond motifs is 2. The summed E-state index contributed by atoms with van der Waals surface area (Å²) in [6.45, 7) is 3.19. The molecular formula is C20H19N5O5S. The maximum atomic E-state index is 13.0. The number of benzene rings is 1. The molecule has 0 saturated heterocycles. The lowest BCUT2D eigenvalue weighted by molar-refractivity contribution is 0.0730. The van der Waals surface area contributed by atoms with Crippen LogP contribution in [0.1, 0.15) is 28.0 Å². The van der Waals surface area contributed by atoms with Gasteiger partial charge in [0.25, 0.3) is 5.91 Å². The van der Waals surface area contributed by atoms with Crippen LogP contribution in [-0.4, -0.2) is 52.0 Å². The molecule has 10 nitrogen and oxygen atoms in total. The quantitative estimate of drug-likeness (QED) is 0.639. The van der Waals surface area contributed by atoms with Gasteiger partial charge in [0.05, 0.1) is 24.5 Å². The SMILES string of the molecule is CCOC(=O)Nc1nc2c(s1)CN(C(=O)c1cc(-c3ccc4c(c3)OCO4)n[nH]1)CC2. The second-order valence-electron chi connectivity index (χ2n) is 6.95. The van der Waals surface area contributed by atoms with E-state index in [-0.39, 0.29) is 19.3 Å². The van der Waals surface area contributed by atoms with Crippen LogP contribution in [0.15, 0.2) is 24.3 Å². The van der Waals surface area contributed by atoms with Crippen molar-refractivity contribution in [2.75, 3.05) is 25.3 Å². The summed E-state index contributed by atoms with van der Waals surface area (Å²) < 4.78 is 15.6. The molecule has 3 aromatic rings. The highest BCUT2D eigenvalue weighted by atomic mass is 32.1. The average molecular weight is 441 g/mol. The van der Waals surface area contributed by atoms with Gasteiger partial charge in [-0.25, -0.2) is 9.78 Å². The van der Waals surface area contributed by atoms with Crippen LogP contribution in [0.5, 0.6) is 11.5 Å². The largest absolute Gasteiger partial charge is 0.454 e. The van der Waals surface area contributed by atoms with Gasteiger partial charge in [0.1, 0.15) is 5.69 Å². The molecule has 5 rings (SSSR count). The first-order valence-corrected chi connectivity index (χ1v) is 10.6. The Kier molecular flexibility index (Phi) is 4.94. The molecule has 0 unspecified atom stereocenters. The third-order valence-corrected chi connectivity index (χ3v) is 5.98. The van der Waals surface area contributed by atoms with E-state index in [0.717, 1.165) is 16.1 Å². The van der Waals surface area contributed by atoms with E-state index in [9.17, 15) is 9.59 Å². The molecule has 0 saturated carbocycles. The monoisotopic (exact) mass is 441 g/mol. The zero-order valence-corrected chi connectivity index (χ0v) is 17.5. The fourth-order valence-electron chi connectivity index (χ4n) is 3.48. The number of rotatable bonds is 4. The first kappa shape index (κ1) is 19.4. The Hall–Kier alpha value is -3.60. The second-order valence-corrected chi connectivity index (χ2v) is 8.03. The third-order valence-electron chi connectivity index (χ3n) is 4.98. The maximum absolute atomic E-state index is 13.0. The molecule has 2 aliphatic heterocycles. The Labute approximate surface area is 181 Å². The van der Waals surface area contributed by atoms with E-state index in [4.69, 9.17) is 14.2 Å². The lowest BCUT2D eigenvalue weighted by Gasteiger charge is -2.25. The van der Waals surface area contributed by atoms with Crippen LogP contribution < -0.4 is 14.8 Å². The van der Waals surface area contributed by atoms with Crippen molar-refractivity contribution in [2.24, 2.45) is 0 Å². The van der Waals surface area contributed by atoms with Crippen LogP contribution in [0.3, 0.4) is 0 Å². The molecule has 0 aliphatic carbocycles. The molecule has 160 valence electrons. The summed E-state index contributed by atoms with van der Waals surface area (Å²) in [5, 5.41) is 10.2. The van der Waals surface area contributed by atoms with E-state index >= 15 is 0 Å². The van der Waals surface area contributed by atoms with E-state index < -0.39 is 6.09 Å². The van der Waals surface area contributed by atoms with Crippen molar-refractivity contribution >= 4 is 28.5 Å². The van der Waals surface area contributed by atoms with E-state index in [1.807, 2.05) is 18.2 Å². The number of hydrogen-bond acceptors (Lipinski definition) is 8. The number of aromatic nitrogens is 3. The number of nitrogens with zero attached hydrogens (tertiary/aromatic N) is 3. The summed E-state index contributed by atoms with van der Waals surface area (Å²) in [5.41, 5.74) is 2.78. The minimum atomic E-state index is -0.532. The molecule has 31 heavy (non-hydrogen) atoms. The van der Waals surface area contributed by atoms with E-state index in [1.165, 1.54) is 11.3 Å². The first-order chi connectivity index (χ1) is 15.1. The smallest absolute Gasteiger partial charge is 0.413 e. The van der Waals surface area contributed by atoms with Crippen LogP contribution in [-0.2, 0) is 17.7 Å². The molecule has 0 fully saturated rings. The minimum absolute atomic E-state index is 0.140. The van der Waals surface area contributed by atoms with Crippen molar-refractivity contribution in [1.29, 1.82) is 0 Å². The zero-order valence-electron chi connectivity index (χ0n) is 16.6. The maximum Gasteiger partial charge on any atom is 0.413 e. The lowest BCUT2D eigenvalue weighted by Crippen LogP contribution is -2.35. The highest BCUT2D eigenvalue weighted by Crippen LogP contribution is 2.35. The molecule has 1 aromatic carbocycles. The second kappa shape index (κ2) is 7.91. The molecule has 0 radical (unpaired) electrons. The Balaban J connectivity index is 1.29. The van der Waals surface area contributed by atoms with Gasteiger partial charge in [-0.15, -0.1) is 0 Å². The number of hydrogen-bond donors (Lipinski definition) is 2. The zero-order chi connectivity index (χ0) is 21.4. The Bertz CT molecular complexity index is 1160. The summed E-state index contributed by atoms with van der Waals surface area (Å²) in [5.74, 6) is 1.22. The number of aromatic amines is 1. The number of ether oxygens (including phenoxy) is 3. The topological polar surface area (TPSA) is 119 Å². The van der Waals surface area contributed by atoms with Crippen molar-refractivity contribution in [1.82, 2.24) is 20.1 Å². The summed E-state index contributed by atoms with van der Waals surface area (Å²) >= 11 is 1.35. The van der Waals surface area contributed by atoms with Crippen molar-refractivity contribution in [3.63, 3.8) is 0 Å². The number of H-pyrrole nitrogens is 1. The van der Waals surface area contributed by atoms with Crippen molar-refractivity contribution in [3.05, 3.63) is 40.5 Å². The van der Waals surface area contributed by atoms with E-state index in [2.05, 4.69) is 20.5 Å². The standard InChI is InChI=1S/C20H19N5O5S/c1-2-28-20(27)22-19-21-12-5-6-25(9-17(12)31-19)18(26)14-8-13(23-24-14)11-3-4-15-16(7-11)30-10-29-15/h3-4,7-8H,2,5-6,9-10H2,1H3,(H,23,24)(H,21,22,27). The number of anilines is 1. The summed E-state index contributed by atoms with van der Waals surface area (Å²) in [4.78, 5) is 31.7. The lowest BCUT2D eigenvalue weighted by atomic mass is 10.1. The van der Waals surface area contributed by atoms with Crippen LogP contribution in [0.2, 0.25) is 0 Å². The molecule has 2 aliphatic rings. The first-order valence-electron chi connectivity index (χ1n) is 9.77. The van der Waals surface area contributed by atoms with Gasteiger partial charge in [-0.05, 0) is 31.2 Å². The van der Waals surface area contributed by atoms with Gasteiger partial charge in [0.15, 0.2) is 16.6 Å². The number of nitrogens with one attached hydrogen (secondary N) is 2. The highest BCUT2D eigenvalue weighted by Gasteiger charge is 2.27. The van der Waals surface area contributed by atoms with Gasteiger partial charge in [-0.2, -0.15) is 5.10 Å². The number of thiazole rings is 1. The molecule has 2 amide bonds. The Morgan fingerprint density at radius 2 is 2.16 bits per heavy atom. The van der Waals surface area contributed by atoms with Gasteiger partial charge in [-0.1, -0.05) is 11.3 Å². The fraction of sp³-hybridized carbons (Fsp3) is 0.300. The molecule has 0 spiro atoms. The summed E-state index contributed by atoms with van der Waals surface area (Å²) in [6, 6.07) is 7.28. The van der Waals surface area contributed by atoms with Crippen molar-refractivity contribution in [3.8, 4) is 22.8 Å². The molecule has 11 heteroatoms. The average Bonchev–Trinajstić information content (AvgIpc) is 3.50. The number of amides is 2. The predicted molar refractivity (Wildman–Crippen MR) is 111 cm³/mol. The normalized spacial score (nSPS) is 14.3. The van der Waals surface area contributed by atoms with Gasteiger partial charge >= 0.3 is 6.09 Å². The van der Waals surface area contributed by atoms with E-state index in [0.29, 0.717) is 47.5 Å². The number of carbonyl (C=O) groups is 2. The molecule has 0 bridgehead atoms. The Morgan fingerprint density at radius 1 is 1.29 bits per heavy atom. The number of carbonyl (C=O) groups excluding carboxylic acids is 2. The van der Waals surface area contributed by atoms with Crippen LogP contribution in [0.4, 0.5) is 9.93 Å². The summed E-state index contributed by atoms with van der Waals surface area (Å²) in [7, 11) is 0. The Morgan fingerprint density at radius 3 is 3.03 bits per heavy atom. The van der Waals surface area contributed by atoms with Crippen LogP contribution in [0.25, 0.3) is 11.3 Å². The fourth-order valence-corrected chi connectivity index (χ4v) is 4.49. The van der Waals surface area contributed by atoms with Crippen molar-refractivity contribution in [2.45, 2.75) is 19.9 Å². The third kappa shape index (κ3) is 3.79. The van der Waals surface area contributed by atoms with Crippen LogP contribution >= 0.6 is 11.3 Å². The van der Waals surface area contributed by atoms with Gasteiger partial charge < -0.3 is 19.1 Å². The van der Waals surface area contributed by atoms with Gasteiger partial charge in [-0.3, -0.25) is 15.2 Å². The van der Waals surface area contributed by atoms with Gasteiger partial charge in [0, 0.05) is 23.4 Å². The van der Waals surface area contributed by atoms with Crippen molar-refractivity contribution < 1.29 is 23.8 Å². The van der Waals surface area contributed by atoms with Gasteiger partial charge in [0.2, 0.25) is 6.79 Å². The molecule has 2 N–H and O–H groups in total.